The van der Waals surface area contributed by atoms with Gasteiger partial charge in [-0.05, 0) is 55.0 Å². The summed E-state index contributed by atoms with van der Waals surface area (Å²) in [4.78, 5) is 17.5. The van der Waals surface area contributed by atoms with Gasteiger partial charge in [-0.1, -0.05) is 18.2 Å². The van der Waals surface area contributed by atoms with Crippen molar-refractivity contribution in [3.05, 3.63) is 78.1 Å². The van der Waals surface area contributed by atoms with Crippen LogP contribution in [-0.4, -0.2) is 30.8 Å². The third-order valence-corrected chi connectivity index (χ3v) is 4.60. The van der Waals surface area contributed by atoms with Crippen LogP contribution in [0.4, 0.5) is 0 Å². The molecule has 1 amide bonds. The predicted octanol–water partition coefficient (Wildman–Crippen LogP) is 4.67. The van der Waals surface area contributed by atoms with Gasteiger partial charge in [0.05, 0.1) is 37.3 Å². The molecule has 4 aromatic rings. The maximum atomic E-state index is 12.9. The Morgan fingerprint density at radius 2 is 2.00 bits per heavy atom. The number of methoxy groups -OCH3 is 1. The SMILES string of the molecule is CCOc1cc(/C=N\NC(=O)c2cc(-c3ccco3)nc3ccccc23)ccc1OC. The average molecular weight is 415 g/mol. The molecular weight excluding hydrogens is 394 g/mol. The lowest BCUT2D eigenvalue weighted by atomic mass is 10.1. The molecule has 7 nitrogen and oxygen atoms in total. The Balaban J connectivity index is 1.60. The summed E-state index contributed by atoms with van der Waals surface area (Å²) < 4.78 is 16.3. The normalized spacial score (nSPS) is 11.0. The van der Waals surface area contributed by atoms with E-state index in [2.05, 4.69) is 15.5 Å². The Hall–Kier alpha value is -4.13. The van der Waals surface area contributed by atoms with Gasteiger partial charge in [0.1, 0.15) is 5.69 Å². The van der Waals surface area contributed by atoms with Crippen molar-refractivity contribution >= 4 is 23.0 Å². The van der Waals surface area contributed by atoms with E-state index >= 15 is 0 Å². The van der Waals surface area contributed by atoms with Gasteiger partial charge in [-0.25, -0.2) is 10.4 Å². The van der Waals surface area contributed by atoms with E-state index in [4.69, 9.17) is 13.9 Å². The summed E-state index contributed by atoms with van der Waals surface area (Å²) in [5.74, 6) is 1.49. The van der Waals surface area contributed by atoms with E-state index in [1.54, 1.807) is 49.9 Å². The molecule has 7 heteroatoms. The number of fused-ring (bicyclic) bond motifs is 1. The highest BCUT2D eigenvalue weighted by Gasteiger charge is 2.14. The standard InChI is InChI=1S/C24H21N3O4/c1-3-30-23-13-16(10-11-22(23)29-2)15-25-27-24(28)18-14-20(21-9-6-12-31-21)26-19-8-5-4-7-17(18)19/h4-15H,3H2,1-2H3,(H,27,28)/b25-15-. The summed E-state index contributed by atoms with van der Waals surface area (Å²) in [6.45, 7) is 2.41. The summed E-state index contributed by atoms with van der Waals surface area (Å²) in [7, 11) is 1.59. The second-order valence-corrected chi connectivity index (χ2v) is 6.59. The molecule has 2 aromatic heterocycles. The summed E-state index contributed by atoms with van der Waals surface area (Å²) in [5, 5.41) is 4.84. The maximum Gasteiger partial charge on any atom is 0.272 e. The first-order valence-electron chi connectivity index (χ1n) is 9.77. The number of hydrogen-bond acceptors (Lipinski definition) is 6. The molecule has 4 rings (SSSR count). The van der Waals surface area contributed by atoms with Gasteiger partial charge in [-0.3, -0.25) is 4.79 Å². The topological polar surface area (TPSA) is 86.0 Å². The predicted molar refractivity (Wildman–Crippen MR) is 119 cm³/mol. The number of carbonyl (C=O) groups is 1. The van der Waals surface area contributed by atoms with Crippen LogP contribution in [-0.2, 0) is 0 Å². The Morgan fingerprint density at radius 1 is 1.13 bits per heavy atom. The van der Waals surface area contributed by atoms with Crippen LogP contribution in [0.2, 0.25) is 0 Å². The Bertz CT molecular complexity index is 1230. The van der Waals surface area contributed by atoms with Crippen LogP contribution in [0.5, 0.6) is 11.5 Å². The van der Waals surface area contributed by atoms with E-state index in [1.165, 1.54) is 0 Å². The number of amides is 1. The average Bonchev–Trinajstić information content (AvgIpc) is 3.34. The number of pyridine rings is 1. The van der Waals surface area contributed by atoms with Crippen LogP contribution >= 0.6 is 0 Å². The van der Waals surface area contributed by atoms with Crippen molar-refractivity contribution in [1.29, 1.82) is 0 Å². The number of hydrogen-bond donors (Lipinski definition) is 1. The summed E-state index contributed by atoms with van der Waals surface area (Å²) in [5.41, 5.74) is 5.09. The van der Waals surface area contributed by atoms with Gasteiger partial charge in [0.25, 0.3) is 5.91 Å². The number of benzene rings is 2. The molecule has 0 aliphatic carbocycles. The number of para-hydroxylation sites is 1. The van der Waals surface area contributed by atoms with E-state index in [0.29, 0.717) is 40.6 Å². The van der Waals surface area contributed by atoms with Gasteiger partial charge in [-0.2, -0.15) is 5.10 Å². The number of ether oxygens (including phenoxy) is 2. The molecular formula is C24H21N3O4. The van der Waals surface area contributed by atoms with E-state index < -0.39 is 0 Å². The molecule has 0 spiro atoms. The number of aromatic nitrogens is 1. The highest BCUT2D eigenvalue weighted by atomic mass is 16.5. The largest absolute Gasteiger partial charge is 0.493 e. The van der Waals surface area contributed by atoms with Gasteiger partial charge in [0.2, 0.25) is 0 Å². The molecule has 2 heterocycles. The lowest BCUT2D eigenvalue weighted by molar-refractivity contribution is 0.0956. The zero-order valence-corrected chi connectivity index (χ0v) is 17.2. The van der Waals surface area contributed by atoms with Crippen LogP contribution < -0.4 is 14.9 Å². The van der Waals surface area contributed by atoms with Crippen LogP contribution in [0.3, 0.4) is 0 Å². The molecule has 0 unspecified atom stereocenters. The molecule has 0 bridgehead atoms. The number of furan rings is 1. The minimum atomic E-state index is -0.346. The molecule has 0 aliphatic rings. The summed E-state index contributed by atoms with van der Waals surface area (Å²) in [6, 6.07) is 18.1. The number of nitrogens with zero attached hydrogens (tertiary/aromatic N) is 2. The van der Waals surface area contributed by atoms with Crippen molar-refractivity contribution < 1.29 is 18.7 Å². The third kappa shape index (κ3) is 4.40. The van der Waals surface area contributed by atoms with Gasteiger partial charge < -0.3 is 13.9 Å². The molecule has 0 saturated heterocycles. The lowest BCUT2D eigenvalue weighted by Crippen LogP contribution is -2.18. The summed E-state index contributed by atoms with van der Waals surface area (Å²) in [6.07, 6.45) is 3.12. The van der Waals surface area contributed by atoms with Crippen LogP contribution in [0.1, 0.15) is 22.8 Å². The summed E-state index contributed by atoms with van der Waals surface area (Å²) >= 11 is 0. The van der Waals surface area contributed by atoms with Crippen molar-refractivity contribution in [1.82, 2.24) is 10.4 Å². The second-order valence-electron chi connectivity index (χ2n) is 6.59. The first-order valence-corrected chi connectivity index (χ1v) is 9.77. The van der Waals surface area contributed by atoms with E-state index in [1.807, 2.05) is 37.3 Å². The van der Waals surface area contributed by atoms with E-state index in [9.17, 15) is 4.79 Å². The van der Waals surface area contributed by atoms with Gasteiger partial charge >= 0.3 is 0 Å². The van der Waals surface area contributed by atoms with Crippen molar-refractivity contribution in [3.63, 3.8) is 0 Å². The monoisotopic (exact) mass is 415 g/mol. The van der Waals surface area contributed by atoms with Crippen LogP contribution in [0.25, 0.3) is 22.4 Å². The van der Waals surface area contributed by atoms with Crippen LogP contribution in [0, 0.1) is 0 Å². The quantitative estimate of drug-likeness (QED) is 0.350. The minimum Gasteiger partial charge on any atom is -0.493 e. The molecule has 0 radical (unpaired) electrons. The fourth-order valence-corrected chi connectivity index (χ4v) is 3.18. The van der Waals surface area contributed by atoms with Crippen LogP contribution in [0.15, 0.2) is 76.4 Å². The molecule has 0 aliphatic heterocycles. The molecule has 0 fully saturated rings. The smallest absolute Gasteiger partial charge is 0.272 e. The molecule has 1 N–H and O–H groups in total. The van der Waals surface area contributed by atoms with Gasteiger partial charge in [-0.15, -0.1) is 0 Å². The minimum absolute atomic E-state index is 0.346. The third-order valence-electron chi connectivity index (χ3n) is 4.60. The highest BCUT2D eigenvalue weighted by Crippen LogP contribution is 2.28. The van der Waals surface area contributed by atoms with Crippen molar-refractivity contribution in [2.75, 3.05) is 13.7 Å². The number of hydrazone groups is 1. The van der Waals surface area contributed by atoms with Crippen molar-refractivity contribution in [3.8, 4) is 23.0 Å². The molecule has 0 saturated carbocycles. The number of rotatable bonds is 7. The van der Waals surface area contributed by atoms with Crippen molar-refractivity contribution in [2.45, 2.75) is 6.92 Å². The fourth-order valence-electron chi connectivity index (χ4n) is 3.18. The zero-order valence-electron chi connectivity index (χ0n) is 17.2. The van der Waals surface area contributed by atoms with E-state index in [-0.39, 0.29) is 5.91 Å². The molecule has 2 aromatic carbocycles. The molecule has 0 atom stereocenters. The Kier molecular flexibility index (Phi) is 5.93. The Labute approximate surface area is 179 Å². The first-order chi connectivity index (χ1) is 15.2. The second kappa shape index (κ2) is 9.13. The first kappa shape index (κ1) is 20.2. The number of carbonyl (C=O) groups excluding carboxylic acids is 1. The van der Waals surface area contributed by atoms with Gasteiger partial charge in [0.15, 0.2) is 17.3 Å². The lowest BCUT2D eigenvalue weighted by Gasteiger charge is -2.09. The fraction of sp³-hybridized carbons (Fsp3) is 0.125. The highest BCUT2D eigenvalue weighted by molar-refractivity contribution is 6.07. The van der Waals surface area contributed by atoms with E-state index in [0.717, 1.165) is 10.9 Å². The van der Waals surface area contributed by atoms with Crippen molar-refractivity contribution in [2.24, 2.45) is 5.10 Å². The zero-order chi connectivity index (χ0) is 21.6. The molecule has 156 valence electrons. The molecule has 31 heavy (non-hydrogen) atoms. The maximum absolute atomic E-state index is 12.9. The number of nitrogens with one attached hydrogen (secondary N) is 1. The Morgan fingerprint density at radius 3 is 2.77 bits per heavy atom. The van der Waals surface area contributed by atoms with Gasteiger partial charge in [0, 0.05) is 5.39 Å².